The predicted molar refractivity (Wildman–Crippen MR) is 182 cm³/mol. The van der Waals surface area contributed by atoms with E-state index in [1.54, 1.807) is 29.3 Å². The van der Waals surface area contributed by atoms with Gasteiger partial charge in [0.25, 0.3) is 5.91 Å². The number of nitrogens with zero attached hydrogens (tertiary/aromatic N) is 5. The largest absolute Gasteiger partial charge is 0.564 e. The summed E-state index contributed by atoms with van der Waals surface area (Å²) in [5.41, 5.74) is 1.88. The molecule has 0 aliphatic carbocycles. The predicted octanol–water partition coefficient (Wildman–Crippen LogP) is 7.20. The Labute approximate surface area is 276 Å². The zero-order chi connectivity index (χ0) is 34.2. The van der Waals surface area contributed by atoms with Crippen molar-refractivity contribution in [2.75, 3.05) is 30.4 Å². The van der Waals surface area contributed by atoms with Crippen LogP contribution >= 0.6 is 11.6 Å². The number of carbonyl (C=O) groups excluding carboxylic acids is 2. The molecule has 11 nitrogen and oxygen atoms in total. The van der Waals surface area contributed by atoms with E-state index < -0.39 is 31.3 Å². The van der Waals surface area contributed by atoms with Gasteiger partial charge in [0, 0.05) is 43.6 Å². The maximum Gasteiger partial charge on any atom is 0.414 e. The van der Waals surface area contributed by atoms with Crippen LogP contribution < -0.4 is 15.5 Å². The maximum atomic E-state index is 13.5. The minimum absolute atomic E-state index is 0.0180. The SMILES string of the molecule is CNC(=O)c1ncc(Cl)cc1Nc1nccc(-c2cc(C#N)c3c(c2)C(C)(CO[Si-](C)(C)C(C)(C)C)CN3C(=O)OC(C)(C)C)n1. The Morgan fingerprint density at radius 1 is 1.15 bits per heavy atom. The number of nitriles is 1. The number of rotatable bonds is 7. The molecule has 46 heavy (non-hydrogen) atoms. The fraction of sp³-hybridized carbons (Fsp3) is 0.455. The van der Waals surface area contributed by atoms with E-state index in [0.717, 1.165) is 5.56 Å². The molecule has 3 heterocycles. The van der Waals surface area contributed by atoms with Crippen LogP contribution in [0.3, 0.4) is 0 Å². The van der Waals surface area contributed by atoms with Crippen molar-refractivity contribution in [1.29, 1.82) is 5.26 Å². The second-order valence-electron chi connectivity index (χ2n) is 14.2. The number of pyridine rings is 1. The van der Waals surface area contributed by atoms with Gasteiger partial charge in [-0.25, -0.2) is 19.7 Å². The highest BCUT2D eigenvalue weighted by Crippen LogP contribution is 2.47. The number of carbonyl (C=O) groups is 2. The summed E-state index contributed by atoms with van der Waals surface area (Å²) in [6.45, 7) is 19.0. The Hall–Kier alpha value is -4.05. The summed E-state index contributed by atoms with van der Waals surface area (Å²) in [5, 5.41) is 16.3. The number of nitrogens with one attached hydrogen (secondary N) is 2. The summed E-state index contributed by atoms with van der Waals surface area (Å²) in [6.07, 6.45) is 2.44. The molecule has 1 unspecified atom stereocenters. The Morgan fingerprint density at radius 2 is 1.85 bits per heavy atom. The highest BCUT2D eigenvalue weighted by Gasteiger charge is 2.45. The van der Waals surface area contributed by atoms with E-state index in [1.807, 2.05) is 33.8 Å². The summed E-state index contributed by atoms with van der Waals surface area (Å²) < 4.78 is 12.5. The van der Waals surface area contributed by atoms with Crippen LogP contribution in [0.15, 0.2) is 36.7 Å². The van der Waals surface area contributed by atoms with Gasteiger partial charge < -0.3 is 19.8 Å². The first-order valence-corrected chi connectivity index (χ1v) is 18.3. The minimum Gasteiger partial charge on any atom is -0.564 e. The zero-order valence-electron chi connectivity index (χ0n) is 28.1. The Kier molecular flexibility index (Phi) is 9.55. The second-order valence-corrected chi connectivity index (χ2v) is 19.5. The molecule has 2 aromatic heterocycles. The first kappa shape index (κ1) is 34.8. The molecule has 1 aromatic carbocycles. The van der Waals surface area contributed by atoms with Crippen molar-refractivity contribution in [3.05, 3.63) is 58.5 Å². The standard InChI is InChI=1S/C33H42ClN7O4Si/c1-31(2,3)45-30(43)41-18-33(7,19-44-46(9,10)32(4,5)6)23-14-20(13-21(16-35)27(23)41)24-11-12-37-29(39-24)40-25-15-22(34)17-38-26(25)28(42)36-8/h11-15,17H,18-19H2,1-10H3,(H,36,42)(H,37,39,40)/q-1. The molecule has 3 aromatic rings. The third kappa shape index (κ3) is 7.33. The molecule has 13 heteroatoms. The lowest BCUT2D eigenvalue weighted by Crippen LogP contribution is -2.46. The molecular formula is C33H42ClN7O4Si-. The third-order valence-electron chi connectivity index (χ3n) is 8.32. The van der Waals surface area contributed by atoms with E-state index in [2.05, 4.69) is 60.5 Å². The fourth-order valence-electron chi connectivity index (χ4n) is 4.82. The summed E-state index contributed by atoms with van der Waals surface area (Å²) in [4.78, 5) is 40.7. The number of benzene rings is 1. The van der Waals surface area contributed by atoms with Crippen molar-refractivity contribution < 1.29 is 18.8 Å². The summed E-state index contributed by atoms with van der Waals surface area (Å²) >= 11 is 6.17. The second kappa shape index (κ2) is 12.6. The molecule has 0 fully saturated rings. The van der Waals surface area contributed by atoms with Crippen LogP contribution in [0.1, 0.15) is 70.1 Å². The lowest BCUT2D eigenvalue weighted by atomic mass is 9.83. The van der Waals surface area contributed by atoms with Gasteiger partial charge in [0.05, 0.1) is 27.7 Å². The summed E-state index contributed by atoms with van der Waals surface area (Å²) in [5.74, 6) is -0.202. The average molecular weight is 664 g/mol. The Morgan fingerprint density at radius 3 is 2.46 bits per heavy atom. The van der Waals surface area contributed by atoms with E-state index in [4.69, 9.17) is 25.7 Å². The number of hydrogen-bond acceptors (Lipinski definition) is 9. The van der Waals surface area contributed by atoms with Gasteiger partial charge in [-0.05, 0) is 58.9 Å². The van der Waals surface area contributed by atoms with Gasteiger partial charge in [0.1, 0.15) is 11.7 Å². The molecular weight excluding hydrogens is 622 g/mol. The van der Waals surface area contributed by atoms with Crippen LogP contribution in [0, 0.1) is 11.3 Å². The molecule has 1 aliphatic heterocycles. The normalized spacial score (nSPS) is 16.4. The molecule has 0 radical (unpaired) electrons. The minimum atomic E-state index is -2.16. The van der Waals surface area contributed by atoms with Crippen LogP contribution in [0.2, 0.25) is 23.2 Å². The molecule has 2 amide bonds. The van der Waals surface area contributed by atoms with Crippen molar-refractivity contribution in [1.82, 2.24) is 20.3 Å². The quantitative estimate of drug-likeness (QED) is 0.251. The smallest absolute Gasteiger partial charge is 0.414 e. The van der Waals surface area contributed by atoms with E-state index in [-0.39, 0.29) is 23.2 Å². The first-order valence-electron chi connectivity index (χ1n) is 15.0. The fourth-order valence-corrected chi connectivity index (χ4v) is 6.09. The van der Waals surface area contributed by atoms with E-state index in [9.17, 15) is 14.9 Å². The van der Waals surface area contributed by atoms with E-state index >= 15 is 0 Å². The summed E-state index contributed by atoms with van der Waals surface area (Å²) in [6, 6.07) is 9.26. The van der Waals surface area contributed by atoms with Crippen molar-refractivity contribution >= 4 is 49.2 Å². The van der Waals surface area contributed by atoms with Crippen LogP contribution in [0.25, 0.3) is 11.3 Å². The lowest BCUT2D eigenvalue weighted by Gasteiger charge is -2.50. The average Bonchev–Trinajstić information content (AvgIpc) is 3.27. The first-order chi connectivity index (χ1) is 21.3. The summed E-state index contributed by atoms with van der Waals surface area (Å²) in [7, 11) is -0.654. The molecule has 0 bridgehead atoms. The van der Waals surface area contributed by atoms with E-state index in [1.165, 1.54) is 13.2 Å². The van der Waals surface area contributed by atoms with Crippen molar-refractivity contribution in [3.63, 3.8) is 0 Å². The van der Waals surface area contributed by atoms with Gasteiger partial charge in [-0.3, -0.25) is 9.69 Å². The molecule has 0 spiro atoms. The molecule has 1 aliphatic rings. The van der Waals surface area contributed by atoms with Crippen molar-refractivity contribution in [3.8, 4) is 17.3 Å². The number of aromatic nitrogens is 3. The zero-order valence-corrected chi connectivity index (χ0v) is 29.9. The molecule has 245 valence electrons. The van der Waals surface area contributed by atoms with Gasteiger partial charge in [0.15, 0.2) is 5.69 Å². The van der Waals surface area contributed by atoms with Crippen LogP contribution in [0.5, 0.6) is 0 Å². The van der Waals surface area contributed by atoms with E-state index in [0.29, 0.717) is 39.8 Å². The van der Waals surface area contributed by atoms with Crippen LogP contribution in [-0.2, 0) is 14.6 Å². The number of fused-ring (bicyclic) bond motifs is 1. The van der Waals surface area contributed by atoms with Gasteiger partial charge in [-0.15, -0.1) is 18.1 Å². The Balaban J connectivity index is 1.81. The molecule has 2 N–H and O–H groups in total. The monoisotopic (exact) mass is 663 g/mol. The number of halogens is 1. The number of amides is 2. The van der Waals surface area contributed by atoms with Crippen LogP contribution in [-0.4, -0.2) is 61.1 Å². The molecule has 0 saturated heterocycles. The lowest BCUT2D eigenvalue weighted by molar-refractivity contribution is 0.0575. The van der Waals surface area contributed by atoms with Crippen LogP contribution in [0.4, 0.5) is 22.1 Å². The molecule has 0 saturated carbocycles. The Bertz CT molecular complexity index is 1710. The highest BCUT2D eigenvalue weighted by atomic mass is 35.5. The number of hydrogen-bond donors (Lipinski definition) is 2. The third-order valence-corrected chi connectivity index (χ3v) is 13.0. The van der Waals surface area contributed by atoms with Crippen molar-refractivity contribution in [2.45, 2.75) is 77.6 Å². The van der Waals surface area contributed by atoms with Gasteiger partial charge >= 0.3 is 6.09 Å². The van der Waals surface area contributed by atoms with Gasteiger partial charge in [-0.1, -0.05) is 39.3 Å². The molecule has 1 atom stereocenters. The number of anilines is 3. The maximum absolute atomic E-state index is 13.5. The number of ether oxygens (including phenoxy) is 1. The molecule has 4 rings (SSSR count). The highest BCUT2D eigenvalue weighted by molar-refractivity contribution is 6.74. The van der Waals surface area contributed by atoms with Gasteiger partial charge in [0.2, 0.25) is 5.95 Å². The topological polar surface area (TPSA) is 142 Å². The van der Waals surface area contributed by atoms with Gasteiger partial charge in [-0.2, -0.15) is 5.26 Å². The van der Waals surface area contributed by atoms with Crippen molar-refractivity contribution in [2.24, 2.45) is 0 Å².